The number of ether oxygens (including phenoxy) is 1. The quantitative estimate of drug-likeness (QED) is 0.133. The van der Waals surface area contributed by atoms with Gasteiger partial charge < -0.3 is 32.7 Å². The van der Waals surface area contributed by atoms with Crippen LogP contribution < -0.4 is 5.46 Å². The molecule has 0 aromatic heterocycles. The standard InChI is InChI=1S/C30H29BO2.C24H17Br.C12H24B2O4.C6H12O.C2H6/c1-29(2)30(3,4)33-31(32-29)28-18-10-17-27(21-28)26-16-9-15-25(20-26)24-14-8-13-23(19-24)22-11-6-5-7-12-22;25-24-14-6-13-23(17-24)22-12-5-11-21(16-22)20-10-4-9-19(15-20)18-7-2-1-3-8-18;1-9(2)10(3,4)16-13(15-9)14-17-11(5,6)12(7,8)18-14;1-7-6-4-2-3-5-6;1-2/h5-21H,1-4H3;1-17H;1-8H3;6H,2-5H2,1H3;1-2H3. The molecule has 8 aromatic carbocycles. The van der Waals surface area contributed by atoms with E-state index < -0.39 is 14.0 Å². The van der Waals surface area contributed by atoms with Crippen molar-refractivity contribution in [3.8, 4) is 66.8 Å². The largest absolute Gasteiger partial charge is 0.494 e. The van der Waals surface area contributed by atoms with Crippen molar-refractivity contribution < 1.29 is 32.7 Å². The van der Waals surface area contributed by atoms with Crippen LogP contribution in [-0.4, -0.2) is 68.0 Å². The van der Waals surface area contributed by atoms with Crippen molar-refractivity contribution in [2.45, 2.75) is 162 Å². The molecule has 0 spiro atoms. The van der Waals surface area contributed by atoms with Crippen molar-refractivity contribution in [1.29, 1.82) is 0 Å². The van der Waals surface area contributed by atoms with E-state index in [0.717, 1.165) is 15.5 Å². The van der Waals surface area contributed by atoms with Crippen LogP contribution in [0.25, 0.3) is 66.8 Å². The van der Waals surface area contributed by atoms with Gasteiger partial charge in [0.1, 0.15) is 0 Å². The highest BCUT2D eigenvalue weighted by Crippen LogP contribution is 2.43. The smallest absolute Gasteiger partial charge is 0.405 e. The van der Waals surface area contributed by atoms with Gasteiger partial charge in [0.25, 0.3) is 0 Å². The van der Waals surface area contributed by atoms with Crippen molar-refractivity contribution in [3.05, 3.63) is 211 Å². The molecule has 1 aliphatic carbocycles. The zero-order valence-electron chi connectivity index (χ0n) is 53.0. The van der Waals surface area contributed by atoms with Crippen LogP contribution in [0.1, 0.15) is 123 Å². The Balaban J connectivity index is 0.000000160. The Morgan fingerprint density at radius 1 is 0.329 bits per heavy atom. The molecule has 4 aliphatic rings. The van der Waals surface area contributed by atoms with E-state index in [1.807, 2.05) is 69.2 Å². The number of halogens is 1. The minimum Gasteiger partial charge on any atom is -0.405 e. The predicted octanol–water partition coefficient (Wildman–Crippen LogP) is 19.3. The van der Waals surface area contributed by atoms with Crippen LogP contribution in [0.4, 0.5) is 0 Å². The van der Waals surface area contributed by atoms with E-state index in [9.17, 15) is 0 Å². The van der Waals surface area contributed by atoms with E-state index in [1.165, 1.54) is 86.9 Å². The maximum atomic E-state index is 6.27. The molecule has 3 heterocycles. The van der Waals surface area contributed by atoms with Gasteiger partial charge in [0.2, 0.25) is 0 Å². The summed E-state index contributed by atoms with van der Waals surface area (Å²) < 4.78 is 42.6. The lowest BCUT2D eigenvalue weighted by Gasteiger charge is -2.32. The first-order valence-electron chi connectivity index (χ1n) is 30.4. The summed E-state index contributed by atoms with van der Waals surface area (Å²) in [4.78, 5) is 0. The van der Waals surface area contributed by atoms with Crippen molar-refractivity contribution in [3.63, 3.8) is 0 Å². The lowest BCUT2D eigenvalue weighted by molar-refractivity contribution is 0.00578. The molecular weight excluding hydrogens is 1110 g/mol. The molecule has 3 aliphatic heterocycles. The molecule has 0 N–H and O–H groups in total. The Bertz CT molecular complexity index is 3350. The highest BCUT2D eigenvalue weighted by Gasteiger charge is 2.63. The summed E-state index contributed by atoms with van der Waals surface area (Å²) >= 11 is 3.56. The fourth-order valence-electron chi connectivity index (χ4n) is 10.4. The molecule has 0 amide bonds. The number of benzene rings is 8. The van der Waals surface area contributed by atoms with E-state index in [1.54, 1.807) is 7.11 Å². The summed E-state index contributed by atoms with van der Waals surface area (Å²) in [5, 5.41) is 0. The highest BCUT2D eigenvalue weighted by atomic mass is 79.9. The molecule has 442 valence electrons. The van der Waals surface area contributed by atoms with Gasteiger partial charge in [-0.3, -0.25) is 0 Å². The second-order valence-corrected chi connectivity index (χ2v) is 26.1. The molecule has 85 heavy (non-hydrogen) atoms. The van der Waals surface area contributed by atoms with Gasteiger partial charge in [-0.25, -0.2) is 0 Å². The molecule has 0 atom stereocenters. The lowest BCUT2D eigenvalue weighted by Crippen LogP contribution is -2.41. The zero-order valence-corrected chi connectivity index (χ0v) is 54.6. The first-order chi connectivity index (χ1) is 40.4. The lowest BCUT2D eigenvalue weighted by atomic mass is 9.49. The van der Waals surface area contributed by atoms with Crippen molar-refractivity contribution in [1.82, 2.24) is 0 Å². The molecule has 12 rings (SSSR count). The average Bonchev–Trinajstić information content (AvgIpc) is 2.39. The fraction of sp³-hybridized carbons (Fsp3) is 0.351. The molecule has 11 heteroatoms. The van der Waals surface area contributed by atoms with Crippen LogP contribution in [0.2, 0.25) is 0 Å². The van der Waals surface area contributed by atoms with E-state index in [-0.39, 0.29) is 40.7 Å². The van der Waals surface area contributed by atoms with Gasteiger partial charge in [-0.1, -0.05) is 212 Å². The first kappa shape index (κ1) is 65.1. The summed E-state index contributed by atoms with van der Waals surface area (Å²) in [6.45, 7) is 28.6. The summed E-state index contributed by atoms with van der Waals surface area (Å²) in [6, 6.07) is 72.8. The van der Waals surface area contributed by atoms with E-state index in [4.69, 9.17) is 32.7 Å². The summed E-state index contributed by atoms with van der Waals surface area (Å²) in [5.41, 5.74) is 13.5. The summed E-state index contributed by atoms with van der Waals surface area (Å²) in [6.07, 6.45) is 5.92. The Morgan fingerprint density at radius 3 is 0.894 bits per heavy atom. The molecular formula is C74H88B3BrO7. The predicted molar refractivity (Wildman–Crippen MR) is 362 cm³/mol. The van der Waals surface area contributed by atoms with Crippen LogP contribution in [0.15, 0.2) is 211 Å². The SMILES string of the molecule is Brc1cccc(-c2cccc(-c3cccc(-c4ccccc4)c3)c2)c1.CC.CC1(C)OB(B2OC(C)(C)C(C)(C)O2)OC1(C)C.CC1(C)OB(c2cccc(-c3cccc(-c4cccc(-c5ccccc5)c4)c3)c2)OC1(C)C.COC1CCCC1. The average molecular weight is 1200 g/mol. The van der Waals surface area contributed by atoms with Gasteiger partial charge in [0.05, 0.1) is 39.7 Å². The van der Waals surface area contributed by atoms with Gasteiger partial charge in [-0.2, -0.15) is 0 Å². The monoisotopic (exact) mass is 1200 g/mol. The van der Waals surface area contributed by atoms with Crippen molar-refractivity contribution in [2.75, 3.05) is 7.11 Å². The zero-order chi connectivity index (χ0) is 61.2. The van der Waals surface area contributed by atoms with Gasteiger partial charge >= 0.3 is 21.1 Å². The van der Waals surface area contributed by atoms with Gasteiger partial charge in [0.15, 0.2) is 0 Å². The maximum Gasteiger partial charge on any atom is 0.494 e. The molecule has 0 unspecified atom stereocenters. The van der Waals surface area contributed by atoms with Crippen LogP contribution >= 0.6 is 15.9 Å². The molecule has 1 saturated carbocycles. The van der Waals surface area contributed by atoms with Crippen molar-refractivity contribution >= 4 is 42.5 Å². The molecule has 0 radical (unpaired) electrons. The number of hydrogen-bond donors (Lipinski definition) is 0. The van der Waals surface area contributed by atoms with Gasteiger partial charge in [-0.15, -0.1) is 0 Å². The van der Waals surface area contributed by atoms with Gasteiger partial charge in [0, 0.05) is 11.6 Å². The molecule has 4 fully saturated rings. The Morgan fingerprint density at radius 2 is 0.588 bits per heavy atom. The topological polar surface area (TPSA) is 64.6 Å². The van der Waals surface area contributed by atoms with Crippen LogP contribution in [-0.2, 0) is 32.7 Å². The van der Waals surface area contributed by atoms with Crippen LogP contribution in [0.5, 0.6) is 0 Å². The number of methoxy groups -OCH3 is 1. The number of hydrogen-bond acceptors (Lipinski definition) is 7. The number of rotatable bonds is 9. The minimum absolute atomic E-state index is 0.350. The maximum absolute atomic E-state index is 6.27. The third-order valence-electron chi connectivity index (χ3n) is 17.6. The molecule has 3 saturated heterocycles. The highest BCUT2D eigenvalue weighted by molar-refractivity contribution is 9.10. The molecule has 0 bridgehead atoms. The summed E-state index contributed by atoms with van der Waals surface area (Å²) in [7, 11) is 0.489. The minimum atomic E-state index is -0.476. The Labute approximate surface area is 519 Å². The Hall–Kier alpha value is -5.85. The second-order valence-electron chi connectivity index (χ2n) is 25.2. The van der Waals surface area contributed by atoms with Crippen LogP contribution in [0, 0.1) is 0 Å². The second kappa shape index (κ2) is 27.9. The molecule has 8 aromatic rings. The van der Waals surface area contributed by atoms with E-state index >= 15 is 0 Å². The van der Waals surface area contributed by atoms with E-state index in [0.29, 0.717) is 6.10 Å². The third-order valence-corrected chi connectivity index (χ3v) is 18.1. The first-order valence-corrected chi connectivity index (χ1v) is 31.2. The molecule has 7 nitrogen and oxygen atoms in total. The van der Waals surface area contributed by atoms with Gasteiger partial charge in [-0.05, 0) is 205 Å². The summed E-state index contributed by atoms with van der Waals surface area (Å²) in [5.74, 6) is 0. The fourth-order valence-corrected chi connectivity index (χ4v) is 10.8. The van der Waals surface area contributed by atoms with Crippen LogP contribution in [0.3, 0.4) is 0 Å². The third kappa shape index (κ3) is 16.0. The van der Waals surface area contributed by atoms with E-state index in [2.05, 4.69) is 250 Å². The normalized spacial score (nSPS) is 18.4. The van der Waals surface area contributed by atoms with Crippen molar-refractivity contribution in [2.24, 2.45) is 0 Å². The Kier molecular flexibility index (Phi) is 21.4.